The maximum Gasteiger partial charge on any atom is 0.130 e. The molecule has 17 heavy (non-hydrogen) atoms. The maximum absolute atomic E-state index is 11.1. The van der Waals surface area contributed by atoms with Crippen molar-refractivity contribution >= 4 is 19.1 Å². The lowest BCUT2D eigenvalue weighted by Gasteiger charge is -2.28. The minimum absolute atomic E-state index is 0.334. The lowest BCUT2D eigenvalue weighted by molar-refractivity contribution is -0.118. The van der Waals surface area contributed by atoms with E-state index in [2.05, 4.69) is 12.1 Å². The van der Waals surface area contributed by atoms with E-state index in [1.165, 1.54) is 31.2 Å². The summed E-state index contributed by atoms with van der Waals surface area (Å²) in [6.45, 7) is 1.70. The number of Topliss-reactive ketones (excluding diaryl/α,β-unsaturated/α-hetero) is 1. The van der Waals surface area contributed by atoms with Crippen LogP contribution in [0.3, 0.4) is 0 Å². The predicted molar refractivity (Wildman–Crippen MR) is 71.8 cm³/mol. The van der Waals surface area contributed by atoms with Crippen LogP contribution in [0.1, 0.15) is 50.5 Å². The zero-order valence-electron chi connectivity index (χ0n) is 10.5. The fraction of sp³-hybridized carbons (Fsp3) is 0.533. The average molecular weight is 226 g/mol. The van der Waals surface area contributed by atoms with E-state index in [-0.39, 0.29) is 0 Å². The fourth-order valence-corrected chi connectivity index (χ4v) is 2.87. The quantitative estimate of drug-likeness (QED) is 0.724. The highest BCUT2D eigenvalue weighted by Gasteiger charge is 2.22. The lowest BCUT2D eigenvalue weighted by Crippen LogP contribution is -2.16. The van der Waals surface area contributed by atoms with E-state index in [9.17, 15) is 4.79 Å². The van der Waals surface area contributed by atoms with Crippen LogP contribution in [0, 0.1) is 5.92 Å². The van der Waals surface area contributed by atoms with E-state index in [0.717, 1.165) is 11.9 Å². The van der Waals surface area contributed by atoms with Gasteiger partial charge in [-0.15, -0.1) is 0 Å². The van der Waals surface area contributed by atoms with Gasteiger partial charge < -0.3 is 4.79 Å². The highest BCUT2D eigenvalue weighted by atomic mass is 16.1. The van der Waals surface area contributed by atoms with Gasteiger partial charge in [0.15, 0.2) is 0 Å². The number of carbonyl (C=O) groups is 1. The number of carbonyl (C=O) groups excluding carboxylic acids is 1. The summed E-state index contributed by atoms with van der Waals surface area (Å²) in [5, 5.41) is 0. The second-order valence-electron chi connectivity index (χ2n) is 5.29. The Labute approximate surface area is 105 Å². The van der Waals surface area contributed by atoms with Crippen LogP contribution in [0.2, 0.25) is 0 Å². The molecule has 1 saturated carbocycles. The molecule has 0 N–H and O–H groups in total. The van der Waals surface area contributed by atoms with Crippen molar-refractivity contribution in [2.24, 2.45) is 5.92 Å². The van der Waals surface area contributed by atoms with Gasteiger partial charge in [-0.1, -0.05) is 29.7 Å². The van der Waals surface area contributed by atoms with E-state index in [4.69, 9.17) is 7.85 Å². The van der Waals surface area contributed by atoms with E-state index in [1.807, 2.05) is 12.1 Å². The number of benzene rings is 1. The largest absolute Gasteiger partial charge is 0.300 e. The number of ketones is 1. The molecular weight excluding hydrogens is 207 g/mol. The number of hydrogen-bond donors (Lipinski definition) is 0. The smallest absolute Gasteiger partial charge is 0.130 e. The highest BCUT2D eigenvalue weighted by molar-refractivity contribution is 6.32. The summed E-state index contributed by atoms with van der Waals surface area (Å²) in [4.78, 5) is 11.1. The van der Waals surface area contributed by atoms with Gasteiger partial charge in [0.2, 0.25) is 0 Å². The maximum atomic E-state index is 11.1. The van der Waals surface area contributed by atoms with E-state index >= 15 is 0 Å². The summed E-state index contributed by atoms with van der Waals surface area (Å²) in [6.07, 6.45) is 5.57. The molecule has 0 heterocycles. The molecule has 0 aliphatic heterocycles. The Kier molecular flexibility index (Phi) is 4.04. The fourth-order valence-electron chi connectivity index (χ4n) is 2.87. The van der Waals surface area contributed by atoms with Crippen LogP contribution in [0.15, 0.2) is 24.3 Å². The third-order valence-corrected chi connectivity index (χ3v) is 3.83. The summed E-state index contributed by atoms with van der Waals surface area (Å²) in [5.74, 6) is 1.62. The second kappa shape index (κ2) is 5.53. The van der Waals surface area contributed by atoms with Crippen LogP contribution < -0.4 is 5.46 Å². The molecule has 88 valence electrons. The Morgan fingerprint density at radius 1 is 1.18 bits per heavy atom. The van der Waals surface area contributed by atoms with Crippen LogP contribution in [-0.4, -0.2) is 13.6 Å². The Bertz CT molecular complexity index is 374. The van der Waals surface area contributed by atoms with Crippen molar-refractivity contribution in [3.63, 3.8) is 0 Å². The summed E-state index contributed by atoms with van der Waals surface area (Å²) in [6, 6.07) is 8.25. The first-order valence-electron chi connectivity index (χ1n) is 6.50. The molecule has 1 fully saturated rings. The Morgan fingerprint density at radius 3 is 2.29 bits per heavy atom. The predicted octanol–water partition coefficient (Wildman–Crippen LogP) is 2.73. The van der Waals surface area contributed by atoms with Gasteiger partial charge in [0.05, 0.1) is 0 Å². The molecule has 2 radical (unpaired) electrons. The Morgan fingerprint density at radius 2 is 1.76 bits per heavy atom. The molecule has 0 bridgehead atoms. The molecule has 0 aromatic heterocycles. The molecule has 1 aliphatic rings. The van der Waals surface area contributed by atoms with E-state index in [0.29, 0.717) is 17.6 Å². The Balaban J connectivity index is 1.90. The summed E-state index contributed by atoms with van der Waals surface area (Å²) in [7, 11) is 5.70. The average Bonchev–Trinajstić information content (AvgIpc) is 2.30. The lowest BCUT2D eigenvalue weighted by atomic mass is 9.77. The topological polar surface area (TPSA) is 17.1 Å². The molecule has 2 rings (SSSR count). The number of hydrogen-bond acceptors (Lipinski definition) is 1. The zero-order valence-corrected chi connectivity index (χ0v) is 10.5. The molecule has 1 aromatic rings. The first-order chi connectivity index (χ1) is 8.15. The van der Waals surface area contributed by atoms with Gasteiger partial charge >= 0.3 is 0 Å². The van der Waals surface area contributed by atoms with E-state index in [1.54, 1.807) is 6.92 Å². The summed E-state index contributed by atoms with van der Waals surface area (Å²) in [5.41, 5.74) is 2.24. The van der Waals surface area contributed by atoms with Crippen LogP contribution >= 0.6 is 0 Å². The summed E-state index contributed by atoms with van der Waals surface area (Å²) < 4.78 is 0. The molecule has 1 aliphatic carbocycles. The Hall–Kier alpha value is -1.05. The van der Waals surface area contributed by atoms with Crippen molar-refractivity contribution in [2.45, 2.75) is 44.9 Å². The number of rotatable bonds is 3. The SMILES string of the molecule is [B]c1ccc(C2CCC(CC(C)=O)CC2)cc1. The first-order valence-corrected chi connectivity index (χ1v) is 6.50. The van der Waals surface area contributed by atoms with Gasteiger partial charge in [-0.3, -0.25) is 0 Å². The van der Waals surface area contributed by atoms with Gasteiger partial charge in [0.25, 0.3) is 0 Å². The van der Waals surface area contributed by atoms with Gasteiger partial charge in [0.1, 0.15) is 13.6 Å². The second-order valence-corrected chi connectivity index (χ2v) is 5.29. The molecular formula is C15H19BO. The standard InChI is InChI=1S/C15H19BO/c1-11(17)10-12-2-4-13(5-3-12)14-6-8-15(16)9-7-14/h6-9,12-13H,2-5,10H2,1H3. The van der Waals surface area contributed by atoms with Gasteiger partial charge in [-0.2, -0.15) is 0 Å². The molecule has 0 spiro atoms. The molecule has 0 atom stereocenters. The van der Waals surface area contributed by atoms with Gasteiger partial charge in [-0.05, 0) is 50.0 Å². The molecule has 0 saturated heterocycles. The summed E-state index contributed by atoms with van der Waals surface area (Å²) >= 11 is 0. The third-order valence-electron chi connectivity index (χ3n) is 3.83. The van der Waals surface area contributed by atoms with Crippen molar-refractivity contribution < 1.29 is 4.79 Å². The van der Waals surface area contributed by atoms with Crippen molar-refractivity contribution in [3.8, 4) is 0 Å². The van der Waals surface area contributed by atoms with Gasteiger partial charge in [-0.25, -0.2) is 0 Å². The van der Waals surface area contributed by atoms with Gasteiger partial charge in [0, 0.05) is 6.42 Å². The minimum Gasteiger partial charge on any atom is -0.300 e. The van der Waals surface area contributed by atoms with Crippen LogP contribution in [0.25, 0.3) is 0 Å². The molecule has 0 amide bonds. The molecule has 1 aromatic carbocycles. The van der Waals surface area contributed by atoms with E-state index < -0.39 is 0 Å². The third kappa shape index (κ3) is 3.45. The first kappa shape index (κ1) is 12.4. The normalized spacial score (nSPS) is 24.5. The molecule has 1 nitrogen and oxygen atoms in total. The monoisotopic (exact) mass is 226 g/mol. The molecule has 2 heteroatoms. The van der Waals surface area contributed by atoms with Crippen molar-refractivity contribution in [2.75, 3.05) is 0 Å². The van der Waals surface area contributed by atoms with Crippen LogP contribution in [0.4, 0.5) is 0 Å². The zero-order chi connectivity index (χ0) is 12.3. The van der Waals surface area contributed by atoms with Crippen LogP contribution in [-0.2, 0) is 4.79 Å². The van der Waals surface area contributed by atoms with Crippen molar-refractivity contribution in [1.29, 1.82) is 0 Å². The van der Waals surface area contributed by atoms with Crippen LogP contribution in [0.5, 0.6) is 0 Å². The van der Waals surface area contributed by atoms with Crippen molar-refractivity contribution in [1.82, 2.24) is 0 Å². The minimum atomic E-state index is 0.334. The highest BCUT2D eigenvalue weighted by Crippen LogP contribution is 2.36. The van der Waals surface area contributed by atoms with Crippen molar-refractivity contribution in [3.05, 3.63) is 29.8 Å². The molecule has 0 unspecified atom stereocenters.